The standard InChI is InChI=1S/C10H13N3OS/c1-6-4-15-9-8(6)11-5-12-10(9)13-7(2)3-14/h4-5,7,14H,3H2,1-2H3,(H,11,12,13). The molecule has 2 rings (SSSR count). The Labute approximate surface area is 92.0 Å². The second-order valence-corrected chi connectivity index (χ2v) is 4.43. The molecule has 0 spiro atoms. The van der Waals surface area contributed by atoms with Gasteiger partial charge in [-0.25, -0.2) is 9.97 Å². The number of hydrogen-bond donors (Lipinski definition) is 2. The van der Waals surface area contributed by atoms with Gasteiger partial charge in [-0.05, 0) is 24.8 Å². The van der Waals surface area contributed by atoms with Crippen LogP contribution in [0.1, 0.15) is 12.5 Å². The molecule has 0 aromatic carbocycles. The minimum Gasteiger partial charge on any atom is -0.394 e. The van der Waals surface area contributed by atoms with Crippen molar-refractivity contribution in [2.45, 2.75) is 19.9 Å². The lowest BCUT2D eigenvalue weighted by molar-refractivity contribution is 0.281. The molecule has 0 radical (unpaired) electrons. The van der Waals surface area contributed by atoms with Gasteiger partial charge in [0.05, 0.1) is 16.8 Å². The van der Waals surface area contributed by atoms with Gasteiger partial charge in [0.2, 0.25) is 0 Å². The predicted molar refractivity (Wildman–Crippen MR) is 62.3 cm³/mol. The zero-order chi connectivity index (χ0) is 10.8. The van der Waals surface area contributed by atoms with Crippen LogP contribution in [-0.2, 0) is 0 Å². The average molecular weight is 223 g/mol. The maximum Gasteiger partial charge on any atom is 0.147 e. The largest absolute Gasteiger partial charge is 0.394 e. The lowest BCUT2D eigenvalue weighted by atomic mass is 10.3. The lowest BCUT2D eigenvalue weighted by Gasteiger charge is -2.11. The fourth-order valence-electron chi connectivity index (χ4n) is 1.35. The van der Waals surface area contributed by atoms with Gasteiger partial charge >= 0.3 is 0 Å². The van der Waals surface area contributed by atoms with Gasteiger partial charge in [-0.15, -0.1) is 11.3 Å². The number of aliphatic hydroxyl groups is 1. The van der Waals surface area contributed by atoms with Gasteiger partial charge in [0.1, 0.15) is 12.1 Å². The van der Waals surface area contributed by atoms with Gasteiger partial charge < -0.3 is 10.4 Å². The van der Waals surface area contributed by atoms with Gasteiger partial charge in [0, 0.05) is 6.04 Å². The van der Waals surface area contributed by atoms with Crippen molar-refractivity contribution in [2.75, 3.05) is 11.9 Å². The van der Waals surface area contributed by atoms with Gasteiger partial charge in [-0.1, -0.05) is 0 Å². The third-order valence-electron chi connectivity index (χ3n) is 2.19. The first kappa shape index (κ1) is 10.3. The van der Waals surface area contributed by atoms with Crippen molar-refractivity contribution < 1.29 is 5.11 Å². The quantitative estimate of drug-likeness (QED) is 0.833. The second-order valence-electron chi connectivity index (χ2n) is 3.55. The van der Waals surface area contributed by atoms with Gasteiger partial charge in [-0.2, -0.15) is 0 Å². The van der Waals surface area contributed by atoms with Crippen molar-refractivity contribution in [1.82, 2.24) is 9.97 Å². The molecule has 1 atom stereocenters. The van der Waals surface area contributed by atoms with E-state index in [4.69, 9.17) is 5.11 Å². The summed E-state index contributed by atoms with van der Waals surface area (Å²) in [5, 5.41) is 14.2. The number of hydrogen-bond acceptors (Lipinski definition) is 5. The number of aromatic nitrogens is 2. The summed E-state index contributed by atoms with van der Waals surface area (Å²) in [4.78, 5) is 8.42. The van der Waals surface area contributed by atoms with Crippen LogP contribution in [0.15, 0.2) is 11.7 Å². The number of aryl methyl sites for hydroxylation is 1. The topological polar surface area (TPSA) is 58.0 Å². The van der Waals surface area contributed by atoms with Crippen LogP contribution in [0.4, 0.5) is 5.82 Å². The number of rotatable bonds is 3. The number of fused-ring (bicyclic) bond motifs is 1. The minimum absolute atomic E-state index is 0.00510. The summed E-state index contributed by atoms with van der Waals surface area (Å²) >= 11 is 1.62. The Bertz CT molecular complexity index is 469. The molecule has 2 N–H and O–H groups in total. The Kier molecular flexibility index (Phi) is 2.83. The highest BCUT2D eigenvalue weighted by Crippen LogP contribution is 2.28. The van der Waals surface area contributed by atoms with Crippen LogP contribution in [0, 0.1) is 6.92 Å². The summed E-state index contributed by atoms with van der Waals surface area (Å²) in [5.41, 5.74) is 2.15. The van der Waals surface area contributed by atoms with Crippen LogP contribution in [0.25, 0.3) is 10.2 Å². The fraction of sp³-hybridized carbons (Fsp3) is 0.400. The lowest BCUT2D eigenvalue weighted by Crippen LogP contribution is -2.20. The number of aliphatic hydroxyl groups excluding tert-OH is 1. The van der Waals surface area contributed by atoms with Crippen molar-refractivity contribution in [3.8, 4) is 0 Å². The van der Waals surface area contributed by atoms with E-state index in [0.717, 1.165) is 21.6 Å². The highest BCUT2D eigenvalue weighted by Gasteiger charge is 2.09. The summed E-state index contributed by atoms with van der Waals surface area (Å²) in [5.74, 6) is 0.805. The van der Waals surface area contributed by atoms with E-state index < -0.39 is 0 Å². The zero-order valence-electron chi connectivity index (χ0n) is 8.69. The minimum atomic E-state index is 0.00510. The van der Waals surface area contributed by atoms with Crippen LogP contribution in [-0.4, -0.2) is 27.7 Å². The molecule has 0 aliphatic rings. The summed E-state index contributed by atoms with van der Waals surface area (Å²) in [6.45, 7) is 4.04. The Morgan fingerprint density at radius 3 is 3.07 bits per heavy atom. The Morgan fingerprint density at radius 1 is 1.53 bits per heavy atom. The molecule has 0 aliphatic heterocycles. The molecule has 0 aliphatic carbocycles. The molecular formula is C10H13N3OS. The van der Waals surface area contributed by atoms with E-state index in [-0.39, 0.29) is 12.6 Å². The summed E-state index contributed by atoms with van der Waals surface area (Å²) in [6.07, 6.45) is 1.55. The number of thiophene rings is 1. The van der Waals surface area contributed by atoms with Crippen molar-refractivity contribution >= 4 is 27.4 Å². The molecule has 5 heteroatoms. The molecule has 2 aromatic heterocycles. The van der Waals surface area contributed by atoms with Crippen molar-refractivity contribution in [3.63, 3.8) is 0 Å². The Balaban J connectivity index is 2.43. The molecule has 4 nitrogen and oxygen atoms in total. The van der Waals surface area contributed by atoms with E-state index in [9.17, 15) is 0 Å². The molecule has 0 fully saturated rings. The van der Waals surface area contributed by atoms with E-state index >= 15 is 0 Å². The number of nitrogens with zero attached hydrogens (tertiary/aromatic N) is 2. The number of nitrogens with one attached hydrogen (secondary N) is 1. The van der Waals surface area contributed by atoms with Gasteiger partial charge in [-0.3, -0.25) is 0 Å². The third-order valence-corrected chi connectivity index (χ3v) is 3.28. The van der Waals surface area contributed by atoms with Crippen LogP contribution in [0.3, 0.4) is 0 Å². The zero-order valence-corrected chi connectivity index (χ0v) is 9.51. The third kappa shape index (κ3) is 1.93. The average Bonchev–Trinajstić information content (AvgIpc) is 2.62. The fourth-order valence-corrected chi connectivity index (χ4v) is 2.31. The molecular weight excluding hydrogens is 210 g/mol. The molecule has 0 amide bonds. The van der Waals surface area contributed by atoms with Crippen LogP contribution >= 0.6 is 11.3 Å². The molecule has 0 bridgehead atoms. The van der Waals surface area contributed by atoms with Crippen molar-refractivity contribution in [3.05, 3.63) is 17.3 Å². The normalized spacial score (nSPS) is 13.0. The molecule has 0 saturated heterocycles. The first-order valence-electron chi connectivity index (χ1n) is 4.78. The van der Waals surface area contributed by atoms with Gasteiger partial charge in [0.15, 0.2) is 0 Å². The maximum atomic E-state index is 8.97. The predicted octanol–water partition coefficient (Wildman–Crippen LogP) is 1.79. The highest BCUT2D eigenvalue weighted by molar-refractivity contribution is 7.18. The van der Waals surface area contributed by atoms with Crippen LogP contribution in [0.2, 0.25) is 0 Å². The van der Waals surface area contributed by atoms with Crippen molar-refractivity contribution in [2.24, 2.45) is 0 Å². The molecule has 0 saturated carbocycles. The van der Waals surface area contributed by atoms with Crippen LogP contribution in [0.5, 0.6) is 0 Å². The van der Waals surface area contributed by atoms with E-state index in [2.05, 4.69) is 20.7 Å². The molecule has 2 heterocycles. The first-order valence-corrected chi connectivity index (χ1v) is 5.66. The molecule has 15 heavy (non-hydrogen) atoms. The van der Waals surface area contributed by atoms with E-state index in [0.29, 0.717) is 0 Å². The second kappa shape index (κ2) is 4.12. The SMILES string of the molecule is Cc1csc2c(NC(C)CO)ncnc12. The summed E-state index contributed by atoms with van der Waals surface area (Å²) in [6, 6.07) is 0.00510. The summed E-state index contributed by atoms with van der Waals surface area (Å²) in [7, 11) is 0. The monoisotopic (exact) mass is 223 g/mol. The van der Waals surface area contributed by atoms with E-state index in [1.807, 2.05) is 13.8 Å². The Hall–Kier alpha value is -1.20. The molecule has 2 aromatic rings. The highest BCUT2D eigenvalue weighted by atomic mass is 32.1. The van der Waals surface area contributed by atoms with Crippen LogP contribution < -0.4 is 5.32 Å². The van der Waals surface area contributed by atoms with Crippen molar-refractivity contribution in [1.29, 1.82) is 0 Å². The van der Waals surface area contributed by atoms with E-state index in [1.54, 1.807) is 17.7 Å². The maximum absolute atomic E-state index is 8.97. The smallest absolute Gasteiger partial charge is 0.147 e. The number of anilines is 1. The summed E-state index contributed by atoms with van der Waals surface area (Å²) < 4.78 is 1.05. The molecule has 1 unspecified atom stereocenters. The Morgan fingerprint density at radius 2 is 2.33 bits per heavy atom. The molecule has 80 valence electrons. The van der Waals surface area contributed by atoms with E-state index in [1.165, 1.54) is 0 Å². The first-order chi connectivity index (χ1) is 7.22. The van der Waals surface area contributed by atoms with Gasteiger partial charge in [0.25, 0.3) is 0 Å².